The highest BCUT2D eigenvalue weighted by molar-refractivity contribution is 5.89. The second kappa shape index (κ2) is 7.78. The van der Waals surface area contributed by atoms with Crippen LogP contribution in [0.3, 0.4) is 0 Å². The van der Waals surface area contributed by atoms with Crippen molar-refractivity contribution < 1.29 is 23.9 Å². The zero-order valence-corrected chi connectivity index (χ0v) is 11.3. The van der Waals surface area contributed by atoms with Crippen LogP contribution in [0.2, 0.25) is 0 Å². The predicted molar refractivity (Wildman–Crippen MR) is 70.4 cm³/mol. The maximum Gasteiger partial charge on any atom is 0.337 e. The van der Waals surface area contributed by atoms with Crippen molar-refractivity contribution in [2.45, 2.75) is 0 Å². The third-order valence-corrected chi connectivity index (χ3v) is 2.37. The van der Waals surface area contributed by atoms with Crippen molar-refractivity contribution >= 4 is 17.8 Å². The topological polar surface area (TPSA) is 93.7 Å². The number of methoxy groups -OCH3 is 1. The van der Waals surface area contributed by atoms with Crippen LogP contribution in [-0.2, 0) is 14.3 Å². The van der Waals surface area contributed by atoms with Gasteiger partial charge in [0.05, 0.1) is 19.2 Å². The molecule has 2 N–H and O–H groups in total. The normalized spacial score (nSPS) is 9.50. The van der Waals surface area contributed by atoms with Crippen LogP contribution < -0.4 is 15.4 Å². The van der Waals surface area contributed by atoms with Gasteiger partial charge in [-0.05, 0) is 24.3 Å². The van der Waals surface area contributed by atoms with E-state index < -0.39 is 11.9 Å². The molecule has 0 heterocycles. The van der Waals surface area contributed by atoms with Crippen molar-refractivity contribution in [3.8, 4) is 5.75 Å². The van der Waals surface area contributed by atoms with Gasteiger partial charge in [0.25, 0.3) is 5.91 Å². The van der Waals surface area contributed by atoms with Crippen molar-refractivity contribution in [2.75, 3.05) is 27.3 Å². The number of likely N-dealkylation sites (N-methyl/N-ethyl adjacent to an activating group) is 1. The number of ether oxygens (including phenoxy) is 2. The van der Waals surface area contributed by atoms with Crippen LogP contribution in [-0.4, -0.2) is 45.1 Å². The third kappa shape index (κ3) is 4.97. The largest absolute Gasteiger partial charge is 0.484 e. The van der Waals surface area contributed by atoms with E-state index in [1.54, 1.807) is 12.1 Å². The second-order valence-corrected chi connectivity index (χ2v) is 3.75. The number of carbonyl (C=O) groups is 3. The summed E-state index contributed by atoms with van der Waals surface area (Å²) in [6, 6.07) is 6.17. The van der Waals surface area contributed by atoms with Crippen molar-refractivity contribution in [1.82, 2.24) is 10.6 Å². The molecule has 7 heteroatoms. The monoisotopic (exact) mass is 280 g/mol. The molecule has 1 aromatic rings. The van der Waals surface area contributed by atoms with Crippen LogP contribution in [0, 0.1) is 0 Å². The van der Waals surface area contributed by atoms with E-state index in [1.807, 2.05) is 0 Å². The quantitative estimate of drug-likeness (QED) is 0.699. The maximum absolute atomic E-state index is 11.4. The molecule has 0 radical (unpaired) electrons. The van der Waals surface area contributed by atoms with Gasteiger partial charge in [-0.2, -0.15) is 0 Å². The van der Waals surface area contributed by atoms with Gasteiger partial charge in [-0.15, -0.1) is 0 Å². The summed E-state index contributed by atoms with van der Waals surface area (Å²) >= 11 is 0. The Bertz CT molecular complexity index is 484. The van der Waals surface area contributed by atoms with Crippen LogP contribution in [0.25, 0.3) is 0 Å². The summed E-state index contributed by atoms with van der Waals surface area (Å²) < 4.78 is 9.76. The number of benzene rings is 1. The SMILES string of the molecule is CNC(=O)CNC(=O)COc1ccc(C(=O)OC)cc1. The first kappa shape index (κ1) is 15.5. The Kier molecular flexibility index (Phi) is 6.02. The van der Waals surface area contributed by atoms with Gasteiger partial charge < -0.3 is 20.1 Å². The Balaban J connectivity index is 2.40. The van der Waals surface area contributed by atoms with E-state index in [1.165, 1.54) is 26.3 Å². The molecule has 0 saturated carbocycles. The van der Waals surface area contributed by atoms with E-state index in [4.69, 9.17) is 4.74 Å². The van der Waals surface area contributed by atoms with Crippen LogP contribution in [0.15, 0.2) is 24.3 Å². The van der Waals surface area contributed by atoms with Crippen LogP contribution >= 0.6 is 0 Å². The van der Waals surface area contributed by atoms with E-state index in [0.29, 0.717) is 11.3 Å². The zero-order chi connectivity index (χ0) is 15.0. The summed E-state index contributed by atoms with van der Waals surface area (Å²) in [6.07, 6.45) is 0. The number of hydrogen-bond acceptors (Lipinski definition) is 5. The smallest absolute Gasteiger partial charge is 0.337 e. The first-order chi connectivity index (χ1) is 9.56. The fourth-order valence-corrected chi connectivity index (χ4v) is 1.27. The Morgan fingerprint density at radius 1 is 1.10 bits per heavy atom. The summed E-state index contributed by atoms with van der Waals surface area (Å²) in [5, 5.41) is 4.77. The van der Waals surface area contributed by atoms with Gasteiger partial charge in [-0.3, -0.25) is 9.59 Å². The molecule has 1 aromatic carbocycles. The molecule has 0 bridgehead atoms. The van der Waals surface area contributed by atoms with Gasteiger partial charge in [-0.25, -0.2) is 4.79 Å². The molecular formula is C13H16N2O5. The summed E-state index contributed by atoms with van der Waals surface area (Å²) in [6.45, 7) is -0.311. The average Bonchev–Trinajstić information content (AvgIpc) is 2.50. The number of nitrogens with one attached hydrogen (secondary N) is 2. The minimum absolute atomic E-state index is 0.0973. The van der Waals surface area contributed by atoms with Gasteiger partial charge in [0.15, 0.2) is 6.61 Å². The second-order valence-electron chi connectivity index (χ2n) is 3.75. The average molecular weight is 280 g/mol. The van der Waals surface area contributed by atoms with Crippen LogP contribution in [0.1, 0.15) is 10.4 Å². The lowest BCUT2D eigenvalue weighted by Gasteiger charge is -2.07. The molecule has 0 saturated heterocycles. The fourth-order valence-electron chi connectivity index (χ4n) is 1.27. The Morgan fingerprint density at radius 2 is 1.75 bits per heavy atom. The van der Waals surface area contributed by atoms with Crippen LogP contribution in [0.4, 0.5) is 0 Å². The maximum atomic E-state index is 11.4. The minimum atomic E-state index is -0.445. The lowest BCUT2D eigenvalue weighted by Crippen LogP contribution is -2.37. The van der Waals surface area contributed by atoms with Gasteiger partial charge in [0.2, 0.25) is 5.91 Å². The first-order valence-corrected chi connectivity index (χ1v) is 5.85. The predicted octanol–water partition coefficient (Wildman–Crippen LogP) is -0.286. The fraction of sp³-hybridized carbons (Fsp3) is 0.308. The molecule has 108 valence electrons. The molecule has 0 aliphatic rings. The summed E-state index contributed by atoms with van der Waals surface area (Å²) in [5.41, 5.74) is 0.393. The highest BCUT2D eigenvalue weighted by Gasteiger charge is 2.07. The molecule has 0 aromatic heterocycles. The molecular weight excluding hydrogens is 264 g/mol. The molecule has 7 nitrogen and oxygen atoms in total. The Morgan fingerprint density at radius 3 is 2.30 bits per heavy atom. The molecule has 0 spiro atoms. The molecule has 1 rings (SSSR count). The highest BCUT2D eigenvalue weighted by atomic mass is 16.5. The molecule has 0 aliphatic carbocycles. The van der Waals surface area contributed by atoms with Crippen LogP contribution in [0.5, 0.6) is 5.75 Å². The number of amides is 2. The minimum Gasteiger partial charge on any atom is -0.484 e. The van der Waals surface area contributed by atoms with E-state index in [9.17, 15) is 14.4 Å². The van der Waals surface area contributed by atoms with Gasteiger partial charge in [0, 0.05) is 7.05 Å². The zero-order valence-electron chi connectivity index (χ0n) is 11.3. The van der Waals surface area contributed by atoms with Crippen molar-refractivity contribution in [1.29, 1.82) is 0 Å². The van der Waals surface area contributed by atoms with Crippen molar-refractivity contribution in [3.05, 3.63) is 29.8 Å². The van der Waals surface area contributed by atoms with Gasteiger partial charge in [-0.1, -0.05) is 0 Å². The molecule has 2 amide bonds. The van der Waals surface area contributed by atoms with E-state index in [0.717, 1.165) is 0 Å². The number of hydrogen-bond donors (Lipinski definition) is 2. The summed E-state index contributed by atoms with van der Waals surface area (Å²) in [4.78, 5) is 33.5. The number of rotatable bonds is 6. The van der Waals surface area contributed by atoms with Gasteiger partial charge in [0.1, 0.15) is 5.75 Å². The third-order valence-electron chi connectivity index (χ3n) is 2.37. The molecule has 0 unspecified atom stereocenters. The Labute approximate surface area is 116 Å². The molecule has 0 aliphatic heterocycles. The summed E-state index contributed by atoms with van der Waals surface area (Å²) in [7, 11) is 2.78. The van der Waals surface area contributed by atoms with Crippen molar-refractivity contribution in [2.24, 2.45) is 0 Å². The standard InChI is InChI=1S/C13H16N2O5/c1-14-11(16)7-15-12(17)8-20-10-5-3-9(4-6-10)13(18)19-2/h3-6H,7-8H2,1-2H3,(H,14,16)(H,15,17). The number of carbonyl (C=O) groups excluding carboxylic acids is 3. The van der Waals surface area contributed by atoms with Crippen molar-refractivity contribution in [3.63, 3.8) is 0 Å². The lowest BCUT2D eigenvalue weighted by atomic mass is 10.2. The van der Waals surface area contributed by atoms with Gasteiger partial charge >= 0.3 is 5.97 Å². The molecule has 0 atom stereocenters. The first-order valence-electron chi connectivity index (χ1n) is 5.85. The van der Waals surface area contributed by atoms with E-state index in [2.05, 4.69) is 15.4 Å². The molecule has 0 fully saturated rings. The highest BCUT2D eigenvalue weighted by Crippen LogP contribution is 2.12. The van der Waals surface area contributed by atoms with E-state index >= 15 is 0 Å². The Hall–Kier alpha value is -2.57. The molecule has 20 heavy (non-hydrogen) atoms. The number of esters is 1. The van der Waals surface area contributed by atoms with E-state index in [-0.39, 0.29) is 19.1 Å². The summed E-state index contributed by atoms with van der Waals surface area (Å²) in [5.74, 6) is -0.709. The lowest BCUT2D eigenvalue weighted by molar-refractivity contribution is -0.127.